The third-order valence-corrected chi connectivity index (χ3v) is 2.14. The largest absolute Gasteiger partial charge is 0.396 e. The lowest BCUT2D eigenvalue weighted by Gasteiger charge is -1.96. The normalized spacial score (nSPS) is 10.9. The molecule has 0 atom stereocenters. The first-order chi connectivity index (χ1) is 6.93. The Morgan fingerprint density at radius 3 is 2.43 bits per heavy atom. The summed E-state index contributed by atoms with van der Waals surface area (Å²) in [5.74, 6) is 0. The zero-order chi connectivity index (χ0) is 10.1. The van der Waals surface area contributed by atoms with Gasteiger partial charge in [-0.05, 0) is 31.2 Å². The van der Waals surface area contributed by atoms with E-state index in [-0.39, 0.29) is 0 Å². The van der Waals surface area contributed by atoms with Gasteiger partial charge in [0.25, 0.3) is 0 Å². The van der Waals surface area contributed by atoms with Gasteiger partial charge in [-0.15, -0.1) is 0 Å². The van der Waals surface area contributed by atoms with Gasteiger partial charge in [0.15, 0.2) is 0 Å². The lowest BCUT2D eigenvalue weighted by atomic mass is 10.1. The second-order valence-electron chi connectivity index (χ2n) is 3.36. The molecule has 14 heavy (non-hydrogen) atoms. The number of unbranched alkanes of at least 4 members (excludes halogenated alkanes) is 1. The first-order valence-electron chi connectivity index (χ1n) is 5.23. The smallest absolute Gasteiger partial charge is 0.0433 e. The maximum atomic E-state index is 8.57. The maximum absolute atomic E-state index is 8.57. The Bertz CT molecular complexity index is 251. The molecule has 0 spiro atoms. The summed E-state index contributed by atoms with van der Waals surface area (Å²) >= 11 is 0. The van der Waals surface area contributed by atoms with Crippen molar-refractivity contribution in [3.05, 3.63) is 48.0 Å². The molecule has 1 N–H and O–H groups in total. The Hall–Kier alpha value is -1.08. The van der Waals surface area contributed by atoms with Crippen molar-refractivity contribution in [2.24, 2.45) is 0 Å². The number of hydrogen-bond donors (Lipinski definition) is 1. The minimum atomic E-state index is 0.295. The minimum absolute atomic E-state index is 0.295. The third kappa shape index (κ3) is 4.83. The first kappa shape index (κ1) is 11.0. The van der Waals surface area contributed by atoms with Crippen LogP contribution in [-0.2, 0) is 6.42 Å². The van der Waals surface area contributed by atoms with E-state index in [0.717, 1.165) is 25.7 Å². The van der Waals surface area contributed by atoms with Crippen LogP contribution in [0, 0.1) is 0 Å². The quantitative estimate of drug-likeness (QED) is 0.540. The summed E-state index contributed by atoms with van der Waals surface area (Å²) in [5.41, 5.74) is 1.39. The summed E-state index contributed by atoms with van der Waals surface area (Å²) in [6.07, 6.45) is 8.42. The predicted molar refractivity (Wildman–Crippen MR) is 60.2 cm³/mol. The van der Waals surface area contributed by atoms with E-state index in [1.807, 2.05) is 6.07 Å². The second-order valence-corrected chi connectivity index (χ2v) is 3.36. The van der Waals surface area contributed by atoms with Crippen molar-refractivity contribution in [3.8, 4) is 0 Å². The predicted octanol–water partition coefficient (Wildman–Crippen LogP) is 2.95. The van der Waals surface area contributed by atoms with Gasteiger partial charge in [-0.1, -0.05) is 42.5 Å². The molecule has 1 aromatic rings. The highest BCUT2D eigenvalue weighted by molar-refractivity contribution is 5.15. The van der Waals surface area contributed by atoms with E-state index >= 15 is 0 Å². The molecule has 0 aromatic heterocycles. The van der Waals surface area contributed by atoms with E-state index in [0.29, 0.717) is 6.61 Å². The van der Waals surface area contributed by atoms with Crippen LogP contribution >= 0.6 is 0 Å². The van der Waals surface area contributed by atoms with E-state index < -0.39 is 0 Å². The van der Waals surface area contributed by atoms with Crippen LogP contribution < -0.4 is 0 Å². The molecule has 0 radical (unpaired) electrons. The lowest BCUT2D eigenvalue weighted by Crippen LogP contribution is -1.82. The Labute approximate surface area is 86.1 Å². The first-order valence-corrected chi connectivity index (χ1v) is 5.23. The summed E-state index contributed by atoms with van der Waals surface area (Å²) in [5, 5.41) is 8.57. The molecule has 0 saturated heterocycles. The highest BCUT2D eigenvalue weighted by Crippen LogP contribution is 2.03. The van der Waals surface area contributed by atoms with Crippen molar-refractivity contribution in [2.45, 2.75) is 25.7 Å². The Balaban J connectivity index is 2.12. The van der Waals surface area contributed by atoms with Crippen LogP contribution in [0.5, 0.6) is 0 Å². The van der Waals surface area contributed by atoms with Gasteiger partial charge in [-0.3, -0.25) is 0 Å². The van der Waals surface area contributed by atoms with Crippen molar-refractivity contribution < 1.29 is 5.11 Å². The van der Waals surface area contributed by atoms with Gasteiger partial charge in [-0.2, -0.15) is 0 Å². The fourth-order valence-corrected chi connectivity index (χ4v) is 1.34. The molecule has 0 aliphatic carbocycles. The summed E-state index contributed by atoms with van der Waals surface area (Å²) in [4.78, 5) is 0. The van der Waals surface area contributed by atoms with Crippen molar-refractivity contribution >= 4 is 0 Å². The molecule has 0 bridgehead atoms. The summed E-state index contributed by atoms with van der Waals surface area (Å²) in [7, 11) is 0. The van der Waals surface area contributed by atoms with Gasteiger partial charge in [0.2, 0.25) is 0 Å². The summed E-state index contributed by atoms with van der Waals surface area (Å²) in [6, 6.07) is 10.5. The van der Waals surface area contributed by atoms with Crippen molar-refractivity contribution in [1.29, 1.82) is 0 Å². The monoisotopic (exact) mass is 190 g/mol. The van der Waals surface area contributed by atoms with Crippen LogP contribution in [0.25, 0.3) is 0 Å². The average molecular weight is 190 g/mol. The number of aliphatic hydroxyl groups is 1. The fraction of sp³-hybridized carbons (Fsp3) is 0.385. The van der Waals surface area contributed by atoms with Crippen molar-refractivity contribution in [3.63, 3.8) is 0 Å². The lowest BCUT2D eigenvalue weighted by molar-refractivity contribution is 0.289. The fourth-order valence-electron chi connectivity index (χ4n) is 1.34. The van der Waals surface area contributed by atoms with Crippen LogP contribution in [0.2, 0.25) is 0 Å². The minimum Gasteiger partial charge on any atom is -0.396 e. The van der Waals surface area contributed by atoms with Gasteiger partial charge >= 0.3 is 0 Å². The molecular weight excluding hydrogens is 172 g/mol. The van der Waals surface area contributed by atoms with Gasteiger partial charge in [0.1, 0.15) is 0 Å². The molecule has 0 heterocycles. The van der Waals surface area contributed by atoms with Crippen LogP contribution in [0.1, 0.15) is 24.8 Å². The van der Waals surface area contributed by atoms with E-state index in [1.54, 1.807) is 0 Å². The molecule has 0 aliphatic heterocycles. The third-order valence-electron chi connectivity index (χ3n) is 2.14. The molecule has 1 aromatic carbocycles. The van der Waals surface area contributed by atoms with Crippen LogP contribution in [0.3, 0.4) is 0 Å². The molecule has 76 valence electrons. The molecule has 1 heteroatoms. The Morgan fingerprint density at radius 1 is 1.00 bits per heavy atom. The number of rotatable bonds is 6. The van der Waals surface area contributed by atoms with Gasteiger partial charge in [-0.25, -0.2) is 0 Å². The zero-order valence-corrected chi connectivity index (χ0v) is 8.52. The second kappa shape index (κ2) is 7.34. The van der Waals surface area contributed by atoms with Crippen molar-refractivity contribution in [2.75, 3.05) is 6.61 Å². The molecule has 0 fully saturated rings. The number of allylic oxidation sites excluding steroid dienone is 2. The zero-order valence-electron chi connectivity index (χ0n) is 8.52. The number of aryl methyl sites for hydroxylation is 1. The average Bonchev–Trinajstić information content (AvgIpc) is 2.25. The van der Waals surface area contributed by atoms with Gasteiger partial charge in [0.05, 0.1) is 0 Å². The maximum Gasteiger partial charge on any atom is 0.0433 e. The molecule has 0 amide bonds. The standard InChI is InChI=1S/C13H18O/c14-12-8-3-1-2-5-9-13-10-6-4-7-11-13/h1-2,4,6-7,10-11,14H,3,5,8-9,12H2. The number of hydrogen-bond acceptors (Lipinski definition) is 1. The molecule has 0 aliphatic rings. The van der Waals surface area contributed by atoms with E-state index in [4.69, 9.17) is 5.11 Å². The van der Waals surface area contributed by atoms with Gasteiger partial charge in [0, 0.05) is 6.61 Å². The Morgan fingerprint density at radius 2 is 1.71 bits per heavy atom. The summed E-state index contributed by atoms with van der Waals surface area (Å²) in [6.45, 7) is 0.295. The highest BCUT2D eigenvalue weighted by Gasteiger charge is 1.87. The number of benzene rings is 1. The van der Waals surface area contributed by atoms with Crippen LogP contribution in [0.15, 0.2) is 42.5 Å². The van der Waals surface area contributed by atoms with E-state index in [2.05, 4.69) is 36.4 Å². The summed E-state index contributed by atoms with van der Waals surface area (Å²) < 4.78 is 0. The molecular formula is C13H18O. The van der Waals surface area contributed by atoms with E-state index in [1.165, 1.54) is 5.56 Å². The highest BCUT2D eigenvalue weighted by atomic mass is 16.2. The molecule has 1 nitrogen and oxygen atoms in total. The molecule has 0 unspecified atom stereocenters. The molecule has 1 rings (SSSR count). The number of aliphatic hydroxyl groups excluding tert-OH is 1. The van der Waals surface area contributed by atoms with E-state index in [9.17, 15) is 0 Å². The van der Waals surface area contributed by atoms with Crippen LogP contribution in [0.4, 0.5) is 0 Å². The topological polar surface area (TPSA) is 20.2 Å². The molecule has 0 saturated carbocycles. The van der Waals surface area contributed by atoms with Crippen molar-refractivity contribution in [1.82, 2.24) is 0 Å². The SMILES string of the molecule is OCCCC=CCCc1ccccc1. The van der Waals surface area contributed by atoms with Gasteiger partial charge < -0.3 is 5.11 Å². The van der Waals surface area contributed by atoms with Crippen LogP contribution in [-0.4, -0.2) is 11.7 Å². The Kier molecular flexibility index (Phi) is 5.76.